The van der Waals surface area contributed by atoms with Gasteiger partial charge in [-0.25, -0.2) is 0 Å². The third-order valence-corrected chi connectivity index (χ3v) is 4.52. The molecule has 3 nitrogen and oxygen atoms in total. The summed E-state index contributed by atoms with van der Waals surface area (Å²) in [5.41, 5.74) is 0. The molecule has 0 amide bonds. The van der Waals surface area contributed by atoms with Crippen LogP contribution in [0.2, 0.25) is 0 Å². The maximum absolute atomic E-state index is 5.32. The summed E-state index contributed by atoms with van der Waals surface area (Å²) >= 11 is 5.32. The fraction of sp³-hybridized carbons (Fsp3) is 0.857. The number of rotatable bonds is 5. The molecule has 0 unspecified atom stereocenters. The number of H-pyrrole nitrogens is 1. The van der Waals surface area contributed by atoms with Crippen molar-refractivity contribution >= 4 is 12.2 Å². The summed E-state index contributed by atoms with van der Waals surface area (Å²) in [6.45, 7) is 5.61. The summed E-state index contributed by atoms with van der Waals surface area (Å²) in [5, 5.41) is 7.26. The van der Waals surface area contributed by atoms with E-state index >= 15 is 0 Å². The van der Waals surface area contributed by atoms with Crippen LogP contribution in [0, 0.1) is 16.6 Å². The Hall–Kier alpha value is -0.640. The van der Waals surface area contributed by atoms with E-state index in [4.69, 9.17) is 12.2 Å². The summed E-state index contributed by atoms with van der Waals surface area (Å²) in [6.07, 6.45) is 9.02. The van der Waals surface area contributed by atoms with Crippen molar-refractivity contribution in [1.29, 1.82) is 0 Å². The number of aromatic nitrogens is 3. The van der Waals surface area contributed by atoms with Crippen LogP contribution in [0.4, 0.5) is 0 Å². The molecule has 4 heteroatoms. The zero-order valence-electron chi connectivity index (χ0n) is 11.6. The quantitative estimate of drug-likeness (QED) is 0.815. The van der Waals surface area contributed by atoms with Crippen molar-refractivity contribution in [2.45, 2.75) is 65.3 Å². The van der Waals surface area contributed by atoms with E-state index in [0.717, 1.165) is 41.8 Å². The van der Waals surface area contributed by atoms with Crippen LogP contribution in [0.1, 0.15) is 58.2 Å². The molecule has 2 rings (SSSR count). The van der Waals surface area contributed by atoms with Crippen LogP contribution >= 0.6 is 12.2 Å². The summed E-state index contributed by atoms with van der Waals surface area (Å²) in [4.78, 5) is 0. The Morgan fingerprint density at radius 2 is 2.06 bits per heavy atom. The fourth-order valence-electron chi connectivity index (χ4n) is 2.92. The molecule has 1 saturated carbocycles. The highest BCUT2D eigenvalue weighted by Gasteiger charge is 2.18. The molecule has 1 fully saturated rings. The topological polar surface area (TPSA) is 33.6 Å². The van der Waals surface area contributed by atoms with Crippen molar-refractivity contribution in [2.24, 2.45) is 11.8 Å². The van der Waals surface area contributed by atoms with Gasteiger partial charge in [0.1, 0.15) is 5.82 Å². The average molecular weight is 267 g/mol. The molecular weight excluding hydrogens is 242 g/mol. The van der Waals surface area contributed by atoms with Crippen molar-refractivity contribution in [3.63, 3.8) is 0 Å². The van der Waals surface area contributed by atoms with E-state index in [1.165, 1.54) is 32.1 Å². The molecule has 0 spiro atoms. The van der Waals surface area contributed by atoms with Crippen LogP contribution in [0.15, 0.2) is 0 Å². The SMILES string of the molecule is CCCc1n[nH]c(=S)n1CCC1CCC(C)CC1. The van der Waals surface area contributed by atoms with Gasteiger partial charge in [-0.3, -0.25) is 5.10 Å². The first-order valence-electron chi connectivity index (χ1n) is 7.34. The van der Waals surface area contributed by atoms with Gasteiger partial charge in [0.25, 0.3) is 0 Å². The van der Waals surface area contributed by atoms with E-state index < -0.39 is 0 Å². The highest BCUT2D eigenvalue weighted by molar-refractivity contribution is 7.71. The van der Waals surface area contributed by atoms with Crippen LogP contribution in [0.3, 0.4) is 0 Å². The molecular formula is C14H25N3S. The number of hydrogen-bond donors (Lipinski definition) is 1. The van der Waals surface area contributed by atoms with Gasteiger partial charge in [0.2, 0.25) is 0 Å². The first-order valence-corrected chi connectivity index (χ1v) is 7.75. The molecule has 0 saturated heterocycles. The number of nitrogens with zero attached hydrogens (tertiary/aromatic N) is 2. The van der Waals surface area contributed by atoms with Crippen LogP contribution in [-0.4, -0.2) is 14.8 Å². The van der Waals surface area contributed by atoms with Gasteiger partial charge in [-0.15, -0.1) is 0 Å². The molecule has 0 radical (unpaired) electrons. The lowest BCUT2D eigenvalue weighted by atomic mass is 9.81. The lowest BCUT2D eigenvalue weighted by Gasteiger charge is -2.26. The molecule has 1 aliphatic carbocycles. The lowest BCUT2D eigenvalue weighted by Crippen LogP contribution is -2.15. The predicted molar refractivity (Wildman–Crippen MR) is 77.1 cm³/mol. The second-order valence-corrected chi connectivity index (χ2v) is 6.15. The molecule has 0 bridgehead atoms. The highest BCUT2D eigenvalue weighted by atomic mass is 32.1. The Bertz CT molecular complexity index is 413. The summed E-state index contributed by atoms with van der Waals surface area (Å²) in [7, 11) is 0. The molecule has 1 N–H and O–H groups in total. The zero-order chi connectivity index (χ0) is 13.0. The second-order valence-electron chi connectivity index (χ2n) is 5.76. The monoisotopic (exact) mass is 267 g/mol. The largest absolute Gasteiger partial charge is 0.304 e. The Balaban J connectivity index is 1.89. The fourth-order valence-corrected chi connectivity index (χ4v) is 3.17. The number of hydrogen-bond acceptors (Lipinski definition) is 2. The van der Waals surface area contributed by atoms with Gasteiger partial charge in [-0.05, 0) is 36.9 Å². The molecule has 18 heavy (non-hydrogen) atoms. The number of nitrogens with one attached hydrogen (secondary N) is 1. The molecule has 1 heterocycles. The summed E-state index contributed by atoms with van der Waals surface area (Å²) < 4.78 is 3.00. The van der Waals surface area contributed by atoms with E-state index in [-0.39, 0.29) is 0 Å². The minimum absolute atomic E-state index is 0.794. The average Bonchev–Trinajstić information content (AvgIpc) is 2.71. The Morgan fingerprint density at radius 3 is 2.72 bits per heavy atom. The van der Waals surface area contributed by atoms with Crippen molar-refractivity contribution in [1.82, 2.24) is 14.8 Å². The smallest absolute Gasteiger partial charge is 0.195 e. The lowest BCUT2D eigenvalue weighted by molar-refractivity contribution is 0.267. The van der Waals surface area contributed by atoms with Crippen LogP contribution in [-0.2, 0) is 13.0 Å². The molecule has 0 aromatic carbocycles. The number of aromatic amines is 1. The summed E-state index contributed by atoms with van der Waals surface area (Å²) in [5.74, 6) is 2.96. The van der Waals surface area contributed by atoms with Gasteiger partial charge in [0.15, 0.2) is 4.77 Å². The minimum atomic E-state index is 0.794. The maximum Gasteiger partial charge on any atom is 0.195 e. The Kier molecular flexibility index (Phi) is 4.98. The van der Waals surface area contributed by atoms with Gasteiger partial charge >= 0.3 is 0 Å². The van der Waals surface area contributed by atoms with E-state index in [1.807, 2.05) is 0 Å². The van der Waals surface area contributed by atoms with Gasteiger partial charge in [-0.1, -0.05) is 39.5 Å². The van der Waals surface area contributed by atoms with Crippen molar-refractivity contribution in [2.75, 3.05) is 0 Å². The van der Waals surface area contributed by atoms with E-state index in [0.29, 0.717) is 0 Å². The van der Waals surface area contributed by atoms with E-state index in [2.05, 4.69) is 28.6 Å². The predicted octanol–water partition coefficient (Wildman–Crippen LogP) is 4.11. The minimum Gasteiger partial charge on any atom is -0.304 e. The van der Waals surface area contributed by atoms with E-state index in [1.54, 1.807) is 0 Å². The molecule has 1 aromatic rings. The molecule has 102 valence electrons. The van der Waals surface area contributed by atoms with Gasteiger partial charge in [0.05, 0.1) is 0 Å². The van der Waals surface area contributed by atoms with Crippen molar-refractivity contribution < 1.29 is 0 Å². The molecule has 1 aliphatic rings. The first-order chi connectivity index (χ1) is 8.70. The van der Waals surface area contributed by atoms with Gasteiger partial charge in [0, 0.05) is 13.0 Å². The van der Waals surface area contributed by atoms with E-state index in [9.17, 15) is 0 Å². The summed E-state index contributed by atoms with van der Waals surface area (Å²) in [6, 6.07) is 0. The third-order valence-electron chi connectivity index (χ3n) is 4.21. The first kappa shape index (κ1) is 13.8. The van der Waals surface area contributed by atoms with Gasteiger partial charge < -0.3 is 4.57 Å². The van der Waals surface area contributed by atoms with Crippen LogP contribution < -0.4 is 0 Å². The normalized spacial score (nSPS) is 24.3. The molecule has 0 atom stereocenters. The Morgan fingerprint density at radius 1 is 1.33 bits per heavy atom. The van der Waals surface area contributed by atoms with Gasteiger partial charge in [-0.2, -0.15) is 5.10 Å². The van der Waals surface area contributed by atoms with Crippen molar-refractivity contribution in [3.8, 4) is 0 Å². The Labute approximate surface area is 115 Å². The van der Waals surface area contributed by atoms with Crippen LogP contribution in [0.5, 0.6) is 0 Å². The zero-order valence-corrected chi connectivity index (χ0v) is 12.4. The number of aryl methyl sites for hydroxylation is 1. The maximum atomic E-state index is 5.32. The van der Waals surface area contributed by atoms with Crippen molar-refractivity contribution in [3.05, 3.63) is 10.6 Å². The van der Waals surface area contributed by atoms with Crippen LogP contribution in [0.25, 0.3) is 0 Å². The molecule has 0 aliphatic heterocycles. The highest BCUT2D eigenvalue weighted by Crippen LogP contribution is 2.30. The standard InChI is InChI=1S/C14H25N3S/c1-3-4-13-15-16-14(18)17(13)10-9-12-7-5-11(2)6-8-12/h11-12H,3-10H2,1-2H3,(H,16,18). The molecule has 1 aromatic heterocycles. The third kappa shape index (κ3) is 3.44. The second kappa shape index (κ2) is 6.50.